The number of nitrogens with zero attached hydrogens (tertiary/aromatic N) is 2. The molecule has 1 aliphatic carbocycles. The van der Waals surface area contributed by atoms with Gasteiger partial charge in [0.15, 0.2) is 0 Å². The lowest BCUT2D eigenvalue weighted by atomic mass is 9.91. The van der Waals surface area contributed by atoms with Crippen LogP contribution >= 0.6 is 0 Å². The zero-order valence-electron chi connectivity index (χ0n) is 30.3. The molecule has 5 N–H and O–H groups in total. The minimum absolute atomic E-state index is 0.0610. The number of aryl methyl sites for hydroxylation is 1. The Morgan fingerprint density at radius 3 is 2.41 bits per heavy atom. The van der Waals surface area contributed by atoms with Gasteiger partial charge >= 0.3 is 0 Å². The highest BCUT2D eigenvalue weighted by atomic mass is 16.5. The predicted molar refractivity (Wildman–Crippen MR) is 198 cm³/mol. The van der Waals surface area contributed by atoms with Crippen LogP contribution in [-0.4, -0.2) is 107 Å². The molecule has 10 heteroatoms. The molecule has 1 aliphatic heterocycles. The van der Waals surface area contributed by atoms with Gasteiger partial charge in [-0.2, -0.15) is 0 Å². The van der Waals surface area contributed by atoms with Crippen molar-refractivity contribution in [1.29, 1.82) is 0 Å². The van der Waals surface area contributed by atoms with E-state index in [2.05, 4.69) is 44.7 Å². The Labute approximate surface area is 302 Å². The summed E-state index contributed by atoms with van der Waals surface area (Å²) in [6.45, 7) is 9.14. The van der Waals surface area contributed by atoms with E-state index in [1.54, 1.807) is 0 Å². The van der Waals surface area contributed by atoms with Crippen LogP contribution in [0.5, 0.6) is 5.75 Å². The number of aliphatic hydroxyl groups excluding tert-OH is 3. The normalized spacial score (nSPS) is 20.7. The fourth-order valence-corrected chi connectivity index (χ4v) is 7.30. The fraction of sp³-hybridized carbons (Fsp3) is 0.512. The van der Waals surface area contributed by atoms with E-state index in [1.807, 2.05) is 75.4 Å². The average molecular weight is 701 g/mol. The number of aliphatic hydroxyl groups is 3. The topological polar surface area (TPSA) is 135 Å². The number of benzene rings is 3. The Morgan fingerprint density at radius 2 is 1.69 bits per heavy atom. The molecule has 0 bridgehead atoms. The number of carbonyl (C=O) groups is 2. The third-order valence-corrected chi connectivity index (χ3v) is 9.80. The summed E-state index contributed by atoms with van der Waals surface area (Å²) in [6.07, 6.45) is 1.39. The molecule has 276 valence electrons. The molecule has 1 saturated heterocycles. The summed E-state index contributed by atoms with van der Waals surface area (Å²) in [7, 11) is 0. The van der Waals surface area contributed by atoms with Gasteiger partial charge in [-0.25, -0.2) is 0 Å². The van der Waals surface area contributed by atoms with Gasteiger partial charge in [-0.3, -0.25) is 19.4 Å². The van der Waals surface area contributed by atoms with Crippen LogP contribution in [-0.2, 0) is 28.9 Å². The first-order valence-electron chi connectivity index (χ1n) is 18.4. The molecule has 51 heavy (non-hydrogen) atoms. The maximum Gasteiger partial charge on any atom is 0.239 e. The Morgan fingerprint density at radius 1 is 0.961 bits per heavy atom. The molecule has 2 amide bonds. The average Bonchev–Trinajstić information content (AvgIpc) is 3.42. The summed E-state index contributed by atoms with van der Waals surface area (Å²) in [6, 6.07) is 24.6. The van der Waals surface area contributed by atoms with Crippen molar-refractivity contribution in [2.24, 2.45) is 5.92 Å². The number of β-amino-alcohol motifs (C(OH)–C–C–N with tert-alkyl or cyclic N) is 1. The van der Waals surface area contributed by atoms with E-state index in [1.165, 1.54) is 5.56 Å². The molecular weight excluding hydrogens is 644 g/mol. The van der Waals surface area contributed by atoms with Gasteiger partial charge in [0.05, 0.1) is 24.9 Å². The van der Waals surface area contributed by atoms with Crippen LogP contribution in [0.2, 0.25) is 0 Å². The van der Waals surface area contributed by atoms with Crippen LogP contribution in [0.15, 0.2) is 78.9 Å². The van der Waals surface area contributed by atoms with E-state index in [-0.39, 0.29) is 38.0 Å². The Balaban J connectivity index is 1.27. The molecule has 3 aromatic rings. The summed E-state index contributed by atoms with van der Waals surface area (Å²) in [5, 5.41) is 37.9. The number of ether oxygens (including phenoxy) is 1. The lowest BCUT2D eigenvalue weighted by Gasteiger charge is -2.42. The SMILES string of the molecule is CC(C)(C)NC(=O)[C@@H]1CN(CCCc2ccccc2)CCN1C[C@@H](O)C[C@@H](Cc1ccc(OCCO)cc1)C(=O)N[C@H]1c2ccccc2C[C@H]1O. The smallest absolute Gasteiger partial charge is 0.239 e. The molecule has 5 atom stereocenters. The van der Waals surface area contributed by atoms with Gasteiger partial charge in [0.2, 0.25) is 11.8 Å². The Hall–Kier alpha value is -3.80. The molecule has 3 aromatic carbocycles. The molecule has 0 unspecified atom stereocenters. The Bertz CT molecular complexity index is 1550. The number of amides is 2. The second-order valence-corrected chi connectivity index (χ2v) is 15.1. The fourth-order valence-electron chi connectivity index (χ4n) is 7.30. The van der Waals surface area contributed by atoms with Crippen LogP contribution in [0, 0.1) is 5.92 Å². The van der Waals surface area contributed by atoms with Gasteiger partial charge in [0.25, 0.3) is 0 Å². The van der Waals surface area contributed by atoms with Crippen molar-refractivity contribution in [3.63, 3.8) is 0 Å². The summed E-state index contributed by atoms with van der Waals surface area (Å²) in [5.74, 6) is -0.265. The summed E-state index contributed by atoms with van der Waals surface area (Å²) in [5.41, 5.74) is 3.74. The van der Waals surface area contributed by atoms with E-state index in [4.69, 9.17) is 9.84 Å². The first-order chi connectivity index (χ1) is 24.5. The largest absolute Gasteiger partial charge is 0.491 e. The van der Waals surface area contributed by atoms with Gasteiger partial charge in [-0.05, 0) is 87.4 Å². The van der Waals surface area contributed by atoms with Crippen molar-refractivity contribution >= 4 is 11.8 Å². The zero-order chi connectivity index (χ0) is 36.4. The quantitative estimate of drug-likeness (QED) is 0.154. The first kappa shape index (κ1) is 38.4. The number of piperazine rings is 1. The minimum Gasteiger partial charge on any atom is -0.491 e. The number of carbonyl (C=O) groups excluding carboxylic acids is 2. The molecule has 0 saturated carbocycles. The summed E-state index contributed by atoms with van der Waals surface area (Å²) >= 11 is 0. The highest BCUT2D eigenvalue weighted by molar-refractivity contribution is 5.83. The standard InChI is InChI=1S/C41H56N4O6/c1-41(2,3)43-40(50)36-28-44(19-9-12-29-10-5-4-6-11-29)20-21-45(36)27-33(47)25-32(24-30-15-17-34(18-16-30)51-23-22-46)39(49)42-38-35-14-8-7-13-31(35)26-37(38)48/h4-8,10-11,13-18,32-33,36-38,46-48H,9,12,19-28H2,1-3H3,(H,42,49)(H,43,50)/t32-,33+,36+,37-,38+/m1/s1. The van der Waals surface area contributed by atoms with Crippen LogP contribution in [0.1, 0.15) is 61.9 Å². The van der Waals surface area contributed by atoms with Gasteiger partial charge in [-0.15, -0.1) is 0 Å². The van der Waals surface area contributed by atoms with Gasteiger partial charge < -0.3 is 30.7 Å². The van der Waals surface area contributed by atoms with Crippen LogP contribution in [0.4, 0.5) is 0 Å². The van der Waals surface area contributed by atoms with Crippen molar-refractivity contribution in [3.05, 3.63) is 101 Å². The third kappa shape index (κ3) is 11.3. The number of hydrogen-bond acceptors (Lipinski definition) is 8. The maximum atomic E-state index is 14.0. The van der Waals surface area contributed by atoms with Crippen LogP contribution in [0.3, 0.4) is 0 Å². The van der Waals surface area contributed by atoms with Crippen LogP contribution < -0.4 is 15.4 Å². The van der Waals surface area contributed by atoms with Gasteiger partial charge in [0, 0.05) is 44.1 Å². The monoisotopic (exact) mass is 700 g/mol. The van der Waals surface area contributed by atoms with E-state index >= 15 is 0 Å². The van der Waals surface area contributed by atoms with Crippen molar-refractivity contribution in [3.8, 4) is 5.75 Å². The lowest BCUT2D eigenvalue weighted by Crippen LogP contribution is -2.62. The second kappa shape index (κ2) is 18.1. The van der Waals surface area contributed by atoms with E-state index in [9.17, 15) is 19.8 Å². The minimum atomic E-state index is -0.872. The predicted octanol–water partition coefficient (Wildman–Crippen LogP) is 3.28. The van der Waals surface area contributed by atoms with E-state index < -0.39 is 35.7 Å². The van der Waals surface area contributed by atoms with Gasteiger partial charge in [-0.1, -0.05) is 66.7 Å². The highest BCUT2D eigenvalue weighted by Crippen LogP contribution is 2.32. The van der Waals surface area contributed by atoms with Crippen molar-refractivity contribution in [2.45, 2.75) is 82.7 Å². The van der Waals surface area contributed by atoms with Gasteiger partial charge in [0.1, 0.15) is 18.4 Å². The molecular formula is C41H56N4O6. The van der Waals surface area contributed by atoms with Crippen LogP contribution in [0.25, 0.3) is 0 Å². The van der Waals surface area contributed by atoms with Crippen molar-refractivity contribution in [1.82, 2.24) is 20.4 Å². The number of nitrogens with one attached hydrogen (secondary N) is 2. The molecule has 10 nitrogen and oxygen atoms in total. The first-order valence-corrected chi connectivity index (χ1v) is 18.4. The molecule has 5 rings (SSSR count). The summed E-state index contributed by atoms with van der Waals surface area (Å²) < 4.78 is 5.52. The van der Waals surface area contributed by atoms with E-state index in [0.717, 1.165) is 42.6 Å². The maximum absolute atomic E-state index is 14.0. The lowest BCUT2D eigenvalue weighted by molar-refractivity contribution is -0.132. The van der Waals surface area contributed by atoms with Crippen molar-refractivity contribution in [2.75, 3.05) is 45.9 Å². The molecule has 1 fully saturated rings. The van der Waals surface area contributed by atoms with Crippen molar-refractivity contribution < 1.29 is 29.6 Å². The molecule has 1 heterocycles. The molecule has 0 radical (unpaired) electrons. The number of fused-ring (bicyclic) bond motifs is 1. The Kier molecular flexibility index (Phi) is 13.6. The second-order valence-electron chi connectivity index (χ2n) is 15.1. The van der Waals surface area contributed by atoms with E-state index in [0.29, 0.717) is 31.7 Å². The summed E-state index contributed by atoms with van der Waals surface area (Å²) in [4.78, 5) is 32.1. The highest BCUT2D eigenvalue weighted by Gasteiger charge is 2.37. The zero-order valence-corrected chi connectivity index (χ0v) is 30.3. The molecule has 0 aromatic heterocycles. The third-order valence-electron chi connectivity index (χ3n) is 9.80. The number of hydrogen-bond donors (Lipinski definition) is 5. The molecule has 2 aliphatic rings. The number of rotatable bonds is 16. The molecule has 0 spiro atoms.